The van der Waals surface area contributed by atoms with Crippen LogP contribution in [0.15, 0.2) is 48.5 Å². The van der Waals surface area contributed by atoms with E-state index in [1.165, 1.54) is 4.90 Å². The zero-order valence-corrected chi connectivity index (χ0v) is 23.4. The molecule has 0 aliphatic rings. The van der Waals surface area contributed by atoms with Crippen LogP contribution >= 0.6 is 0 Å². The number of hydrogen-bond acceptors (Lipinski definition) is 6. The quantitative estimate of drug-likeness (QED) is 0.399. The predicted octanol–water partition coefficient (Wildman–Crippen LogP) is 3.44. The number of amides is 2. The van der Waals surface area contributed by atoms with E-state index in [0.29, 0.717) is 36.8 Å². The summed E-state index contributed by atoms with van der Waals surface area (Å²) in [5.41, 5.74) is 1.12. The Hall–Kier alpha value is -3.27. The molecule has 0 aliphatic heterocycles. The van der Waals surface area contributed by atoms with Gasteiger partial charge in [0.05, 0.1) is 25.7 Å². The predicted molar refractivity (Wildman–Crippen MR) is 145 cm³/mol. The van der Waals surface area contributed by atoms with Crippen LogP contribution in [0.4, 0.5) is 5.69 Å². The molecule has 0 heterocycles. The highest BCUT2D eigenvalue weighted by Gasteiger charge is 2.31. The second-order valence-corrected chi connectivity index (χ2v) is 11.0. The van der Waals surface area contributed by atoms with Gasteiger partial charge in [-0.1, -0.05) is 32.9 Å². The summed E-state index contributed by atoms with van der Waals surface area (Å²) in [5, 5.41) is 2.91. The third-order valence-corrected chi connectivity index (χ3v) is 6.84. The fourth-order valence-electron chi connectivity index (χ4n) is 3.76. The summed E-state index contributed by atoms with van der Waals surface area (Å²) in [7, 11) is -2.23. The maximum Gasteiger partial charge on any atom is 0.244 e. The van der Waals surface area contributed by atoms with Crippen LogP contribution in [0.5, 0.6) is 11.5 Å². The molecule has 0 fully saturated rings. The summed E-state index contributed by atoms with van der Waals surface area (Å²) in [4.78, 5) is 28.2. The molecular weight excluding hydrogens is 494 g/mol. The van der Waals surface area contributed by atoms with Crippen molar-refractivity contribution in [2.24, 2.45) is 5.92 Å². The highest BCUT2D eigenvalue weighted by atomic mass is 32.2. The first-order valence-electron chi connectivity index (χ1n) is 12.4. The van der Waals surface area contributed by atoms with E-state index in [-0.39, 0.29) is 18.4 Å². The van der Waals surface area contributed by atoms with Crippen LogP contribution in [0, 0.1) is 5.92 Å². The SMILES string of the molecule is CCOc1ccc(N(CC(=O)N(Cc2ccc(OC)cc2)[C@@H](CC)C(=O)NCC(C)C)S(C)(=O)=O)cc1. The Kier molecular flexibility index (Phi) is 11.2. The summed E-state index contributed by atoms with van der Waals surface area (Å²) >= 11 is 0. The highest BCUT2D eigenvalue weighted by Crippen LogP contribution is 2.23. The molecule has 37 heavy (non-hydrogen) atoms. The fourth-order valence-corrected chi connectivity index (χ4v) is 4.61. The van der Waals surface area contributed by atoms with Crippen molar-refractivity contribution in [3.63, 3.8) is 0 Å². The monoisotopic (exact) mass is 533 g/mol. The highest BCUT2D eigenvalue weighted by molar-refractivity contribution is 7.92. The van der Waals surface area contributed by atoms with Crippen LogP contribution in [0.1, 0.15) is 39.7 Å². The molecule has 2 rings (SSSR count). The maximum absolute atomic E-state index is 13.7. The lowest BCUT2D eigenvalue weighted by Crippen LogP contribution is -2.52. The first kappa shape index (κ1) is 30.0. The molecule has 10 heteroatoms. The molecule has 1 atom stereocenters. The third kappa shape index (κ3) is 8.96. The van der Waals surface area contributed by atoms with Gasteiger partial charge >= 0.3 is 0 Å². The molecule has 0 saturated heterocycles. The second kappa shape index (κ2) is 13.9. The third-order valence-electron chi connectivity index (χ3n) is 5.70. The first-order chi connectivity index (χ1) is 17.5. The van der Waals surface area contributed by atoms with Gasteiger partial charge < -0.3 is 19.7 Å². The van der Waals surface area contributed by atoms with Gasteiger partial charge in [0.25, 0.3) is 0 Å². The zero-order chi connectivity index (χ0) is 27.6. The van der Waals surface area contributed by atoms with Crippen molar-refractivity contribution in [2.75, 3.05) is 37.4 Å². The molecule has 0 saturated carbocycles. The maximum atomic E-state index is 13.7. The Morgan fingerprint density at radius 1 is 0.973 bits per heavy atom. The average molecular weight is 534 g/mol. The van der Waals surface area contributed by atoms with Crippen molar-refractivity contribution in [1.29, 1.82) is 0 Å². The van der Waals surface area contributed by atoms with Gasteiger partial charge in [-0.05, 0) is 61.2 Å². The Balaban J connectivity index is 2.40. The Labute approximate surface area is 220 Å². The summed E-state index contributed by atoms with van der Waals surface area (Å²) in [6.07, 6.45) is 1.42. The topological polar surface area (TPSA) is 105 Å². The van der Waals surface area contributed by atoms with Crippen LogP contribution in [-0.4, -0.2) is 64.2 Å². The van der Waals surface area contributed by atoms with Crippen molar-refractivity contribution in [2.45, 2.75) is 46.7 Å². The van der Waals surface area contributed by atoms with Crippen LogP contribution in [0.3, 0.4) is 0 Å². The standard InChI is InChI=1S/C27H39N3O6S/c1-7-25(27(32)28-17-20(3)4)29(18-21-9-13-23(35-5)14-10-21)26(31)19-30(37(6,33)34)22-11-15-24(16-12-22)36-8-2/h9-16,20,25H,7-8,17-19H2,1-6H3,(H,28,32)/t25-/m0/s1. The fraction of sp³-hybridized carbons (Fsp3) is 0.481. The van der Waals surface area contributed by atoms with E-state index in [2.05, 4.69) is 5.32 Å². The molecule has 0 bridgehead atoms. The Morgan fingerprint density at radius 2 is 1.57 bits per heavy atom. The molecule has 0 aromatic heterocycles. The van der Waals surface area contributed by atoms with Gasteiger partial charge in [0.15, 0.2) is 0 Å². The number of benzene rings is 2. The van der Waals surface area contributed by atoms with E-state index in [9.17, 15) is 18.0 Å². The Morgan fingerprint density at radius 3 is 2.05 bits per heavy atom. The summed E-state index contributed by atoms with van der Waals surface area (Å²) in [6.45, 7) is 8.30. The van der Waals surface area contributed by atoms with E-state index >= 15 is 0 Å². The van der Waals surface area contributed by atoms with Gasteiger partial charge in [0, 0.05) is 13.1 Å². The van der Waals surface area contributed by atoms with Gasteiger partial charge in [-0.3, -0.25) is 13.9 Å². The smallest absolute Gasteiger partial charge is 0.244 e. The largest absolute Gasteiger partial charge is 0.497 e. The van der Waals surface area contributed by atoms with Gasteiger partial charge in [-0.2, -0.15) is 0 Å². The molecule has 2 aromatic carbocycles. The van der Waals surface area contributed by atoms with E-state index < -0.39 is 28.5 Å². The number of sulfonamides is 1. The number of nitrogens with one attached hydrogen (secondary N) is 1. The molecule has 9 nitrogen and oxygen atoms in total. The van der Waals surface area contributed by atoms with Crippen molar-refractivity contribution in [3.8, 4) is 11.5 Å². The molecule has 204 valence electrons. The number of rotatable bonds is 14. The molecule has 0 radical (unpaired) electrons. The number of methoxy groups -OCH3 is 1. The van der Waals surface area contributed by atoms with Crippen LogP contribution in [-0.2, 0) is 26.2 Å². The van der Waals surface area contributed by atoms with Crippen LogP contribution in [0.2, 0.25) is 0 Å². The molecule has 1 N–H and O–H groups in total. The average Bonchev–Trinajstić information content (AvgIpc) is 2.86. The van der Waals surface area contributed by atoms with Crippen molar-refractivity contribution in [3.05, 3.63) is 54.1 Å². The van der Waals surface area contributed by atoms with Crippen molar-refractivity contribution in [1.82, 2.24) is 10.2 Å². The lowest BCUT2D eigenvalue weighted by molar-refractivity contribution is -0.140. The van der Waals surface area contributed by atoms with Gasteiger partial charge in [-0.25, -0.2) is 8.42 Å². The van der Waals surface area contributed by atoms with Gasteiger partial charge in [0.1, 0.15) is 24.1 Å². The lowest BCUT2D eigenvalue weighted by Gasteiger charge is -2.33. The molecule has 0 spiro atoms. The summed E-state index contributed by atoms with van der Waals surface area (Å²) < 4.78 is 37.1. The van der Waals surface area contributed by atoms with Gasteiger partial charge in [0.2, 0.25) is 21.8 Å². The number of ether oxygens (including phenoxy) is 2. The Bertz CT molecular complexity index is 1120. The van der Waals surface area contributed by atoms with E-state index in [1.54, 1.807) is 43.5 Å². The lowest BCUT2D eigenvalue weighted by atomic mass is 10.1. The zero-order valence-electron chi connectivity index (χ0n) is 22.6. The summed E-state index contributed by atoms with van der Waals surface area (Å²) in [6, 6.07) is 12.9. The van der Waals surface area contributed by atoms with E-state index in [0.717, 1.165) is 16.1 Å². The minimum absolute atomic E-state index is 0.136. The number of hydrogen-bond donors (Lipinski definition) is 1. The molecule has 0 aliphatic carbocycles. The number of nitrogens with zero attached hydrogens (tertiary/aromatic N) is 2. The molecular formula is C27H39N3O6S. The number of anilines is 1. The minimum Gasteiger partial charge on any atom is -0.497 e. The minimum atomic E-state index is -3.80. The first-order valence-corrected chi connectivity index (χ1v) is 14.3. The van der Waals surface area contributed by atoms with Crippen LogP contribution in [0.25, 0.3) is 0 Å². The van der Waals surface area contributed by atoms with E-state index in [1.807, 2.05) is 39.8 Å². The number of carbonyl (C=O) groups excluding carboxylic acids is 2. The summed E-state index contributed by atoms with van der Waals surface area (Å²) in [5.74, 6) is 0.751. The van der Waals surface area contributed by atoms with Crippen LogP contribution < -0.4 is 19.1 Å². The molecule has 0 unspecified atom stereocenters. The van der Waals surface area contributed by atoms with Crippen molar-refractivity contribution >= 4 is 27.5 Å². The number of carbonyl (C=O) groups is 2. The van der Waals surface area contributed by atoms with Gasteiger partial charge in [-0.15, -0.1) is 0 Å². The second-order valence-electron chi connectivity index (χ2n) is 9.13. The normalized spacial score (nSPS) is 12.1. The molecule has 2 amide bonds. The molecule has 2 aromatic rings. The van der Waals surface area contributed by atoms with Crippen molar-refractivity contribution < 1.29 is 27.5 Å². The van der Waals surface area contributed by atoms with E-state index in [4.69, 9.17) is 9.47 Å².